The number of benzene rings is 2. The number of sulfonamides is 1. The summed E-state index contributed by atoms with van der Waals surface area (Å²) < 4.78 is 27.6. The van der Waals surface area contributed by atoms with E-state index in [2.05, 4.69) is 10.0 Å². The van der Waals surface area contributed by atoms with Crippen LogP contribution in [0.1, 0.15) is 34.3 Å². The van der Waals surface area contributed by atoms with Crippen LogP contribution in [0.2, 0.25) is 0 Å². The van der Waals surface area contributed by atoms with Gasteiger partial charge in [-0.3, -0.25) is 9.52 Å². The van der Waals surface area contributed by atoms with E-state index in [0.717, 1.165) is 24.0 Å². The van der Waals surface area contributed by atoms with Crippen molar-refractivity contribution in [1.29, 1.82) is 0 Å². The number of unbranched alkanes of at least 4 members (excludes halogenated alkanes) is 1. The number of aryl methyl sites for hydroxylation is 2. The Hall–Kier alpha value is -2.38. The maximum atomic E-state index is 12.5. The zero-order chi connectivity index (χ0) is 19.2. The first-order valence-electron chi connectivity index (χ1n) is 8.52. The molecule has 0 saturated carbocycles. The van der Waals surface area contributed by atoms with Gasteiger partial charge in [0.25, 0.3) is 15.9 Å². The van der Waals surface area contributed by atoms with Gasteiger partial charge in [-0.2, -0.15) is 0 Å². The summed E-state index contributed by atoms with van der Waals surface area (Å²) in [4.78, 5) is 12.1. The molecule has 0 spiro atoms. The Morgan fingerprint density at radius 2 is 1.69 bits per heavy atom. The Morgan fingerprint density at radius 3 is 2.31 bits per heavy atom. The number of carbonyl (C=O) groups excluding carboxylic acids is 1. The van der Waals surface area contributed by atoms with Gasteiger partial charge in [0.15, 0.2) is 0 Å². The Bertz CT molecular complexity index is 862. The van der Waals surface area contributed by atoms with Gasteiger partial charge in [-0.05, 0) is 80.8 Å². The summed E-state index contributed by atoms with van der Waals surface area (Å²) in [7, 11) is -3.71. The summed E-state index contributed by atoms with van der Waals surface area (Å²) >= 11 is 0. The van der Waals surface area contributed by atoms with Crippen molar-refractivity contribution in [2.24, 2.45) is 5.73 Å². The van der Waals surface area contributed by atoms with Crippen molar-refractivity contribution in [3.63, 3.8) is 0 Å². The third-order valence-electron chi connectivity index (χ3n) is 4.10. The number of rotatable bonds is 8. The second kappa shape index (κ2) is 8.82. The topological polar surface area (TPSA) is 101 Å². The highest BCUT2D eigenvalue weighted by molar-refractivity contribution is 7.92. The highest BCUT2D eigenvalue weighted by Gasteiger charge is 2.15. The third kappa shape index (κ3) is 5.31. The normalized spacial score (nSPS) is 11.2. The van der Waals surface area contributed by atoms with Crippen LogP contribution in [0.5, 0.6) is 0 Å². The summed E-state index contributed by atoms with van der Waals surface area (Å²) in [6, 6.07) is 11.3. The lowest BCUT2D eigenvalue weighted by atomic mass is 10.1. The quantitative estimate of drug-likeness (QED) is 0.617. The van der Waals surface area contributed by atoms with Crippen molar-refractivity contribution in [3.8, 4) is 0 Å². The molecule has 2 rings (SSSR count). The second-order valence-electron chi connectivity index (χ2n) is 6.18. The number of nitrogens with two attached hydrogens (primary N) is 1. The fourth-order valence-electron chi connectivity index (χ4n) is 2.38. The monoisotopic (exact) mass is 375 g/mol. The molecular formula is C19H25N3O3S. The van der Waals surface area contributed by atoms with Crippen molar-refractivity contribution in [3.05, 3.63) is 59.2 Å². The van der Waals surface area contributed by atoms with Gasteiger partial charge >= 0.3 is 0 Å². The van der Waals surface area contributed by atoms with Gasteiger partial charge < -0.3 is 11.1 Å². The number of hydrogen-bond acceptors (Lipinski definition) is 4. The molecule has 2 aromatic carbocycles. The highest BCUT2D eigenvalue weighted by Crippen LogP contribution is 2.19. The van der Waals surface area contributed by atoms with Gasteiger partial charge in [-0.25, -0.2) is 8.42 Å². The maximum Gasteiger partial charge on any atom is 0.261 e. The Kier molecular flexibility index (Phi) is 6.76. The van der Waals surface area contributed by atoms with E-state index in [1.165, 1.54) is 24.3 Å². The predicted molar refractivity (Wildman–Crippen MR) is 104 cm³/mol. The van der Waals surface area contributed by atoms with Crippen molar-refractivity contribution in [2.45, 2.75) is 31.6 Å². The SMILES string of the molecule is Cc1ccc(NS(=O)(=O)c2ccc(C(=O)NCCCCN)cc2)cc1C. The smallest absolute Gasteiger partial charge is 0.261 e. The van der Waals surface area contributed by atoms with Crippen LogP contribution in [0, 0.1) is 13.8 Å². The summed E-state index contributed by atoms with van der Waals surface area (Å²) in [6.07, 6.45) is 1.66. The van der Waals surface area contributed by atoms with Crippen molar-refractivity contribution in [1.82, 2.24) is 5.32 Å². The summed E-state index contributed by atoms with van der Waals surface area (Å²) in [5, 5.41) is 2.78. The first-order valence-corrected chi connectivity index (χ1v) is 10.0. The summed E-state index contributed by atoms with van der Waals surface area (Å²) in [6.45, 7) is 5.03. The number of hydrogen-bond donors (Lipinski definition) is 3. The predicted octanol–water partition coefficient (Wildman–Crippen LogP) is 2.57. The molecule has 6 nitrogen and oxygen atoms in total. The molecule has 0 heterocycles. The molecule has 0 aromatic heterocycles. The van der Waals surface area contributed by atoms with E-state index in [-0.39, 0.29) is 10.8 Å². The molecule has 0 aliphatic heterocycles. The van der Waals surface area contributed by atoms with Gasteiger partial charge in [0.2, 0.25) is 0 Å². The fourth-order valence-corrected chi connectivity index (χ4v) is 3.43. The standard InChI is InChI=1S/C19H25N3O3S/c1-14-5-8-17(13-15(14)2)22-26(24,25)18-9-6-16(7-10-18)19(23)21-12-4-3-11-20/h5-10,13,22H,3-4,11-12,20H2,1-2H3,(H,21,23). The maximum absolute atomic E-state index is 12.5. The number of amides is 1. The lowest BCUT2D eigenvalue weighted by molar-refractivity contribution is 0.0953. The van der Waals surface area contributed by atoms with Gasteiger partial charge in [-0.15, -0.1) is 0 Å². The van der Waals surface area contributed by atoms with E-state index in [0.29, 0.717) is 24.3 Å². The van der Waals surface area contributed by atoms with Gasteiger partial charge in [0.1, 0.15) is 0 Å². The molecule has 4 N–H and O–H groups in total. The van der Waals surface area contributed by atoms with Crippen LogP contribution < -0.4 is 15.8 Å². The molecule has 2 aromatic rings. The van der Waals surface area contributed by atoms with E-state index in [9.17, 15) is 13.2 Å². The van der Waals surface area contributed by atoms with Crippen LogP contribution in [0.25, 0.3) is 0 Å². The van der Waals surface area contributed by atoms with Crippen molar-refractivity contribution < 1.29 is 13.2 Å². The Balaban J connectivity index is 2.06. The van der Waals surface area contributed by atoms with Crippen molar-refractivity contribution in [2.75, 3.05) is 17.8 Å². The number of anilines is 1. The minimum Gasteiger partial charge on any atom is -0.352 e. The fraction of sp³-hybridized carbons (Fsp3) is 0.316. The first-order chi connectivity index (χ1) is 12.3. The van der Waals surface area contributed by atoms with Crippen molar-refractivity contribution >= 4 is 21.6 Å². The minimum atomic E-state index is -3.71. The molecule has 0 aliphatic carbocycles. The molecule has 0 fully saturated rings. The lowest BCUT2D eigenvalue weighted by Crippen LogP contribution is -2.25. The van der Waals surface area contributed by atoms with E-state index >= 15 is 0 Å². The molecule has 26 heavy (non-hydrogen) atoms. The van der Waals surface area contributed by atoms with Gasteiger partial charge in [0, 0.05) is 17.8 Å². The molecule has 0 bridgehead atoms. The second-order valence-corrected chi connectivity index (χ2v) is 7.86. The molecule has 0 atom stereocenters. The molecule has 0 radical (unpaired) electrons. The van der Waals surface area contributed by atoms with Crippen LogP contribution >= 0.6 is 0 Å². The average Bonchev–Trinajstić information content (AvgIpc) is 2.61. The van der Waals surface area contributed by atoms with Gasteiger partial charge in [-0.1, -0.05) is 6.07 Å². The number of nitrogens with one attached hydrogen (secondary N) is 2. The molecule has 7 heteroatoms. The van der Waals surface area contributed by atoms with E-state index < -0.39 is 10.0 Å². The third-order valence-corrected chi connectivity index (χ3v) is 5.50. The summed E-state index contributed by atoms with van der Waals surface area (Å²) in [5.41, 5.74) is 8.44. The van der Waals surface area contributed by atoms with E-state index in [4.69, 9.17) is 5.73 Å². The minimum absolute atomic E-state index is 0.107. The zero-order valence-electron chi connectivity index (χ0n) is 15.1. The van der Waals surface area contributed by atoms with Gasteiger partial charge in [0.05, 0.1) is 4.90 Å². The molecule has 140 valence electrons. The summed E-state index contributed by atoms with van der Waals surface area (Å²) in [5.74, 6) is -0.229. The zero-order valence-corrected chi connectivity index (χ0v) is 15.9. The Morgan fingerprint density at radius 1 is 1.00 bits per heavy atom. The van der Waals surface area contributed by atoms with E-state index in [1.54, 1.807) is 12.1 Å². The van der Waals surface area contributed by atoms with Crippen LogP contribution in [-0.4, -0.2) is 27.4 Å². The van der Waals surface area contributed by atoms with Crippen LogP contribution in [0.3, 0.4) is 0 Å². The van der Waals surface area contributed by atoms with Crippen LogP contribution in [0.15, 0.2) is 47.4 Å². The first kappa shape index (κ1) is 19.9. The molecule has 0 aliphatic rings. The largest absolute Gasteiger partial charge is 0.352 e. The average molecular weight is 375 g/mol. The Labute approximate surface area is 154 Å². The molecule has 1 amide bonds. The van der Waals surface area contributed by atoms with Crippen LogP contribution in [-0.2, 0) is 10.0 Å². The highest BCUT2D eigenvalue weighted by atomic mass is 32.2. The molecular weight excluding hydrogens is 350 g/mol. The van der Waals surface area contributed by atoms with Crippen LogP contribution in [0.4, 0.5) is 5.69 Å². The number of carbonyl (C=O) groups is 1. The van der Waals surface area contributed by atoms with E-state index in [1.807, 2.05) is 19.9 Å². The molecule has 0 unspecified atom stereocenters. The lowest BCUT2D eigenvalue weighted by Gasteiger charge is -2.10. The molecule has 0 saturated heterocycles.